The smallest absolute Gasteiger partial charge is 0.397 e. The van der Waals surface area contributed by atoms with E-state index in [1.165, 1.54) is 0 Å². The van der Waals surface area contributed by atoms with Gasteiger partial charge in [-0.2, -0.15) is 75.8 Å². The lowest BCUT2D eigenvalue weighted by Crippen LogP contribution is -2.70. The van der Waals surface area contributed by atoms with Gasteiger partial charge in [-0.15, -0.1) is 0 Å². The summed E-state index contributed by atoms with van der Waals surface area (Å²) in [5, 5.41) is 21.4. The molecule has 5 fully saturated rings. The Hall–Kier alpha value is -2.83. The van der Waals surface area contributed by atoms with Crippen molar-refractivity contribution >= 4 is 106 Å². The van der Waals surface area contributed by atoms with Crippen molar-refractivity contribution < 1.29 is 245 Å². The van der Waals surface area contributed by atoms with Crippen LogP contribution in [0.25, 0.3) is 0 Å². The summed E-state index contributed by atoms with van der Waals surface area (Å²) in [7, 11) is -49.6. The van der Waals surface area contributed by atoms with Crippen LogP contribution in [-0.4, -0.2) is 355 Å². The molecule has 588 valence electrons. The Morgan fingerprint density at radius 2 is 0.480 bits per heavy atom. The number of hydrogen-bond acceptors (Lipinski definition) is 44. The molecule has 0 aliphatic carbocycles. The molecule has 100 heavy (non-hydrogen) atoms. The second kappa shape index (κ2) is 34.4. The average Bonchev–Trinajstić information content (AvgIpc) is 0.759. The molecule has 5 rings (SSSR count). The molecule has 0 radical (unpaired) electrons. The van der Waals surface area contributed by atoms with Gasteiger partial charge in [-0.3, -0.25) is 41.0 Å². The lowest BCUT2D eigenvalue weighted by Gasteiger charge is -2.51. The maximum atomic E-state index is 13.4. The van der Waals surface area contributed by atoms with Crippen molar-refractivity contribution in [3.8, 4) is 0 Å². The molecule has 0 saturated carbocycles. The molecular formula is C36H60O55S9. The van der Waals surface area contributed by atoms with Gasteiger partial charge in [0.15, 0.2) is 68.1 Å². The highest BCUT2D eigenvalue weighted by atomic mass is 32.3. The monoisotopic (exact) mass is 1660 g/mol. The zero-order valence-corrected chi connectivity index (χ0v) is 57.5. The molecule has 5 heterocycles. The third-order valence-electron chi connectivity index (χ3n) is 13.5. The van der Waals surface area contributed by atoms with Crippen LogP contribution in [0.1, 0.15) is 0 Å². The standard InChI is InChI=1S/C36H60O55S9/c1-68-13-10(7-74-92(41,42)43)78-34(26(16(13)69-2)88-97(56,57)58)82-19-17(70-3)25(72-5)33(84-23(19)30(37)38)80-15-12(9-76-94(47,48)49)79-35(29(91-100(65,66)67)22(15)87-96(53,54)55)83-20-18(71-4)27(89-98(59,60)61)36(85-24(20)31(39)40)81-14-11(8-75-93(44,45)46)77-32(73-6)28(90-99(62,63)64)21(14)86-95(50,51)52/h10-29,32-36H,7-9H2,1-6H3,(H,37,38)(H,39,40)(H,41,42,43)(H,44,45,46)(H,47,48,49)(H,50,51,52)(H,53,54,55)(H,56,57,58)(H,59,60,61)(H,62,63,64)(H,65,66,67)/t10-,11-,12-,13-,14-,15-,16+,17+,18+,19+,20+,21+,22+,23+,24-,25-,26-,27-,28-,29-,32+,33-,34-,35-,36-/m1/s1. The predicted octanol–water partition coefficient (Wildman–Crippen LogP) is -9.37. The summed E-state index contributed by atoms with van der Waals surface area (Å²) in [5.74, 6) is -4.75. The number of carboxylic acid groups (broad SMARTS) is 2. The quantitative estimate of drug-likeness (QED) is 0.0257. The summed E-state index contributed by atoms with van der Waals surface area (Å²) in [6.45, 7) is -4.97. The lowest BCUT2D eigenvalue weighted by atomic mass is 9.95. The van der Waals surface area contributed by atoms with Gasteiger partial charge in [-0.25, -0.2) is 47.2 Å². The number of hydrogen-bond donors (Lipinski definition) is 11. The van der Waals surface area contributed by atoms with Crippen LogP contribution in [0.4, 0.5) is 0 Å². The molecule has 5 aliphatic heterocycles. The maximum Gasteiger partial charge on any atom is 0.397 e. The van der Waals surface area contributed by atoms with Gasteiger partial charge in [0, 0.05) is 42.7 Å². The molecule has 0 unspecified atom stereocenters. The Labute approximate surface area is 564 Å². The van der Waals surface area contributed by atoms with Crippen LogP contribution in [0.2, 0.25) is 0 Å². The van der Waals surface area contributed by atoms with E-state index in [0.717, 1.165) is 21.3 Å². The largest absolute Gasteiger partial charge is 0.479 e. The van der Waals surface area contributed by atoms with Gasteiger partial charge in [0.2, 0.25) is 0 Å². The number of carbonyl (C=O) groups is 2. The van der Waals surface area contributed by atoms with E-state index in [1.54, 1.807) is 0 Å². The summed E-state index contributed by atoms with van der Waals surface area (Å²) < 4.78 is 431. The highest BCUT2D eigenvalue weighted by Crippen LogP contribution is 2.42. The maximum absolute atomic E-state index is 13.4. The third-order valence-corrected chi connectivity index (χ3v) is 17.6. The van der Waals surface area contributed by atoms with Crippen LogP contribution < -0.4 is 0 Å². The van der Waals surface area contributed by atoms with E-state index in [-0.39, 0.29) is 0 Å². The number of ether oxygens (including phenoxy) is 15. The normalized spacial score (nSPS) is 36.4. The zero-order chi connectivity index (χ0) is 76.2. The summed E-state index contributed by atoms with van der Waals surface area (Å²) in [5.41, 5.74) is 0. The molecular weight excluding hydrogens is 1600 g/mol. The van der Waals surface area contributed by atoms with Crippen molar-refractivity contribution in [3.05, 3.63) is 0 Å². The number of carboxylic acids is 2. The molecule has 0 amide bonds. The van der Waals surface area contributed by atoms with Gasteiger partial charge in [0.05, 0.1) is 19.8 Å². The lowest BCUT2D eigenvalue weighted by molar-refractivity contribution is -0.385. The molecule has 0 bridgehead atoms. The van der Waals surface area contributed by atoms with Gasteiger partial charge >= 0.3 is 106 Å². The highest BCUT2D eigenvalue weighted by molar-refractivity contribution is 7.82. The summed E-state index contributed by atoms with van der Waals surface area (Å²) in [6, 6.07) is 0. The second-order valence-corrected chi connectivity index (χ2v) is 29.4. The Bertz CT molecular complexity index is 3850. The summed E-state index contributed by atoms with van der Waals surface area (Å²) in [6.07, 6.45) is -68.5. The minimum Gasteiger partial charge on any atom is -0.479 e. The van der Waals surface area contributed by atoms with E-state index in [4.69, 9.17) is 75.2 Å². The van der Waals surface area contributed by atoms with Crippen molar-refractivity contribution in [3.63, 3.8) is 0 Å². The van der Waals surface area contributed by atoms with Gasteiger partial charge in [-0.05, 0) is 0 Å². The SMILES string of the molecule is CO[C@H]1O[C@H](COS(=O)(=O)O)[C@@H](O[C@@H]2O[C@@H](C(=O)O)[C@@H](O[C@H]3O[C@H](COS(=O)(=O)O)[C@@H](O[C@@H]4O[C@H](C(=O)O)[C@@H](O[C@H]5O[C@H](COS(=O)(=O)O)[C@@H](OC)[C@H](OC)[C@H]5OS(=O)(=O)O)[C@H](OC)[C@H]4OC)[C@H](OS(=O)(=O)O)[C@H]3OS(=O)(=O)O)[C@H](OC)[C@H]2OS(=O)(=O)O)[C@H](OS(=O)(=O)O)[C@H]1OS(=O)(=O)O. The third kappa shape index (κ3) is 25.7. The van der Waals surface area contributed by atoms with E-state index >= 15 is 0 Å². The molecule has 11 N–H and O–H groups in total. The van der Waals surface area contributed by atoms with Gasteiger partial charge in [0.1, 0.15) is 85.5 Å². The van der Waals surface area contributed by atoms with Crippen LogP contribution >= 0.6 is 0 Å². The van der Waals surface area contributed by atoms with Gasteiger partial charge < -0.3 is 81.3 Å². The number of aliphatic carboxylic acids is 2. The number of methoxy groups -OCH3 is 6. The van der Waals surface area contributed by atoms with Crippen molar-refractivity contribution in [2.24, 2.45) is 0 Å². The number of rotatable bonds is 37. The van der Waals surface area contributed by atoms with Crippen LogP contribution in [0, 0.1) is 0 Å². The molecule has 5 aliphatic rings. The predicted molar refractivity (Wildman–Crippen MR) is 290 cm³/mol. The van der Waals surface area contributed by atoms with Crippen LogP contribution in [0.5, 0.6) is 0 Å². The first kappa shape index (κ1) is 87.8. The Morgan fingerprint density at radius 1 is 0.260 bits per heavy atom. The Kier molecular flexibility index (Phi) is 30.2. The van der Waals surface area contributed by atoms with Crippen molar-refractivity contribution in [1.82, 2.24) is 0 Å². The minimum atomic E-state index is -6.38. The molecule has 25 atom stereocenters. The molecule has 55 nitrogen and oxygen atoms in total. The first-order valence-corrected chi connectivity index (χ1v) is 38.1. The van der Waals surface area contributed by atoms with Crippen molar-refractivity contribution in [2.75, 3.05) is 62.5 Å². The van der Waals surface area contributed by atoms with E-state index < -0.39 is 279 Å². The highest BCUT2D eigenvalue weighted by Gasteiger charge is 2.63. The molecule has 0 aromatic rings. The zero-order valence-electron chi connectivity index (χ0n) is 50.1. The fraction of sp³-hybridized carbons (Fsp3) is 0.944. The first-order chi connectivity index (χ1) is 45.5. The van der Waals surface area contributed by atoms with E-state index in [0.29, 0.717) is 21.3 Å². The van der Waals surface area contributed by atoms with Gasteiger partial charge in [0.25, 0.3) is 0 Å². The molecule has 64 heteroatoms. The van der Waals surface area contributed by atoms with E-state index in [1.807, 2.05) is 0 Å². The molecule has 0 aromatic carbocycles. The van der Waals surface area contributed by atoms with Crippen molar-refractivity contribution in [2.45, 2.75) is 154 Å². The summed E-state index contributed by atoms with van der Waals surface area (Å²) in [4.78, 5) is 26.6. The Balaban J connectivity index is 1.69. The van der Waals surface area contributed by atoms with E-state index in [2.05, 4.69) is 33.5 Å². The fourth-order valence-corrected chi connectivity index (χ4v) is 14.0. The average molecular weight is 1660 g/mol. The topological polar surface area (TPSA) is 785 Å². The van der Waals surface area contributed by atoms with E-state index in [9.17, 15) is 137 Å². The molecule has 0 spiro atoms. The molecule has 5 saturated heterocycles. The van der Waals surface area contributed by atoms with Crippen LogP contribution in [0.15, 0.2) is 0 Å². The second-order valence-electron chi connectivity index (χ2n) is 19.9. The van der Waals surface area contributed by atoms with Gasteiger partial charge in [-0.1, -0.05) is 0 Å². The molecule has 0 aromatic heterocycles. The summed E-state index contributed by atoms with van der Waals surface area (Å²) >= 11 is 0. The minimum absolute atomic E-state index is 0.424. The first-order valence-electron chi connectivity index (χ1n) is 25.9. The van der Waals surface area contributed by atoms with Crippen LogP contribution in [0.3, 0.4) is 0 Å². The fourth-order valence-electron chi connectivity index (χ4n) is 10.2. The Morgan fingerprint density at radius 3 is 0.750 bits per heavy atom. The van der Waals surface area contributed by atoms with Crippen LogP contribution in [-0.2, 0) is 212 Å². The van der Waals surface area contributed by atoms with Crippen molar-refractivity contribution in [1.29, 1.82) is 0 Å².